The molecule has 2 aromatic carbocycles. The van der Waals surface area contributed by atoms with Crippen molar-refractivity contribution in [2.75, 3.05) is 6.61 Å². The molecule has 0 aromatic heterocycles. The molecule has 0 spiro atoms. The molecule has 146 valence electrons. The number of nitrogens with two attached hydrogens (primary N) is 1. The number of carbonyl (C=O) groups is 3. The molecule has 0 saturated heterocycles. The number of hydrogen-bond donors (Lipinski definition) is 1. The highest BCUT2D eigenvalue weighted by Gasteiger charge is 2.35. The summed E-state index contributed by atoms with van der Waals surface area (Å²) < 4.78 is 30.6. The second-order valence-electron chi connectivity index (χ2n) is 6.21. The van der Waals surface area contributed by atoms with Crippen LogP contribution in [-0.4, -0.2) is 32.6 Å². The van der Waals surface area contributed by atoms with Gasteiger partial charge in [-0.25, -0.2) is 13.2 Å². The molecule has 29 heavy (non-hydrogen) atoms. The highest BCUT2D eigenvalue weighted by Crippen LogP contribution is 2.34. The van der Waals surface area contributed by atoms with Crippen molar-refractivity contribution in [1.82, 2.24) is 0 Å². The lowest BCUT2D eigenvalue weighted by molar-refractivity contribution is -0.118. The van der Waals surface area contributed by atoms with E-state index >= 15 is 0 Å². The van der Waals surface area contributed by atoms with Crippen molar-refractivity contribution >= 4 is 27.4 Å². The number of ether oxygens (including phenoxy) is 1. The van der Waals surface area contributed by atoms with Crippen LogP contribution >= 0.6 is 0 Å². The third-order valence-electron chi connectivity index (χ3n) is 4.29. The fraction of sp³-hybridized carbons (Fsp3) is 0.100. The second kappa shape index (κ2) is 7.33. The number of Topliss-reactive ketones (excluding diaryl/α,β-unsaturated/α-hetero) is 1. The van der Waals surface area contributed by atoms with Gasteiger partial charge < -0.3 is 10.5 Å². The van der Waals surface area contributed by atoms with E-state index in [1.165, 1.54) is 37.3 Å². The molecule has 0 radical (unpaired) electrons. The predicted octanol–water partition coefficient (Wildman–Crippen LogP) is 1.55. The highest BCUT2D eigenvalue weighted by molar-refractivity contribution is 7.91. The van der Waals surface area contributed by atoms with Gasteiger partial charge in [0, 0.05) is 16.8 Å². The molecule has 2 aromatic rings. The Kier molecular flexibility index (Phi) is 5.05. The van der Waals surface area contributed by atoms with Gasteiger partial charge in [-0.3, -0.25) is 9.59 Å². The number of carbonyl (C=O) groups excluding carboxylic acids is 3. The molecule has 9 heteroatoms. The number of esters is 1. The fourth-order valence-corrected chi connectivity index (χ4v) is 4.55. The third-order valence-corrected chi connectivity index (χ3v) is 6.14. The monoisotopic (exact) mass is 410 g/mol. The first kappa shape index (κ1) is 20.0. The molecule has 1 heterocycles. The number of ketones is 2. The summed E-state index contributed by atoms with van der Waals surface area (Å²) >= 11 is 0. The van der Waals surface area contributed by atoms with Crippen LogP contribution in [0, 0.1) is 11.3 Å². The molecule has 0 fully saturated rings. The van der Waals surface area contributed by atoms with Crippen molar-refractivity contribution in [2.45, 2.75) is 16.7 Å². The van der Waals surface area contributed by atoms with Gasteiger partial charge in [0.2, 0.25) is 15.6 Å². The number of allylic oxidation sites excluding steroid dienone is 1. The number of nitriles is 1. The first-order chi connectivity index (χ1) is 13.7. The molecular weight excluding hydrogens is 396 g/mol. The van der Waals surface area contributed by atoms with Crippen molar-refractivity contribution < 1.29 is 27.5 Å². The number of rotatable bonds is 4. The normalized spacial score (nSPS) is 14.7. The van der Waals surface area contributed by atoms with Crippen molar-refractivity contribution in [3.63, 3.8) is 0 Å². The van der Waals surface area contributed by atoms with Crippen LogP contribution in [0.15, 0.2) is 63.5 Å². The van der Waals surface area contributed by atoms with Crippen molar-refractivity contribution in [1.29, 1.82) is 5.26 Å². The lowest BCUT2D eigenvalue weighted by atomic mass is 10.0. The minimum Gasteiger partial charge on any atom is -0.454 e. The summed E-state index contributed by atoms with van der Waals surface area (Å²) in [6, 6.07) is 10.9. The van der Waals surface area contributed by atoms with E-state index in [1.54, 1.807) is 12.1 Å². The van der Waals surface area contributed by atoms with Crippen LogP contribution in [0.4, 0.5) is 0 Å². The van der Waals surface area contributed by atoms with Gasteiger partial charge >= 0.3 is 5.97 Å². The summed E-state index contributed by atoms with van der Waals surface area (Å²) in [4.78, 5) is 36.3. The van der Waals surface area contributed by atoms with Crippen LogP contribution in [0.3, 0.4) is 0 Å². The average Bonchev–Trinajstić information content (AvgIpc) is 2.70. The van der Waals surface area contributed by atoms with E-state index in [9.17, 15) is 22.8 Å². The van der Waals surface area contributed by atoms with Crippen LogP contribution in [-0.2, 0) is 19.4 Å². The third kappa shape index (κ3) is 3.41. The van der Waals surface area contributed by atoms with Gasteiger partial charge in [-0.15, -0.1) is 0 Å². The van der Waals surface area contributed by atoms with Gasteiger partial charge in [0.25, 0.3) is 0 Å². The number of benzene rings is 2. The van der Waals surface area contributed by atoms with Crippen LogP contribution in [0.2, 0.25) is 0 Å². The largest absolute Gasteiger partial charge is 0.454 e. The summed E-state index contributed by atoms with van der Waals surface area (Å²) in [7, 11) is -4.01. The Bertz CT molecular complexity index is 1250. The zero-order valence-corrected chi connectivity index (χ0v) is 15.9. The SMILES string of the molecule is C/C(N)=C(\C#N)C(=O)COC(=O)c1ccc2c(c1)S(=O)(=O)c1ccccc1C2=O. The van der Waals surface area contributed by atoms with E-state index in [2.05, 4.69) is 0 Å². The minimum absolute atomic E-state index is 0.00870. The molecular formula is C20H14N2O6S. The van der Waals surface area contributed by atoms with Gasteiger partial charge in [-0.2, -0.15) is 5.26 Å². The standard InChI is InChI=1S/C20H14N2O6S/c1-11(22)15(9-21)16(23)10-28-20(25)12-6-7-14-18(8-12)29(26,27)17-5-3-2-4-13(17)19(14)24/h2-8H,10,22H2,1H3/b15-11-. The van der Waals surface area contributed by atoms with E-state index in [0.29, 0.717) is 0 Å². The van der Waals surface area contributed by atoms with Gasteiger partial charge in [-0.1, -0.05) is 12.1 Å². The quantitative estimate of drug-likeness (QED) is 0.387. The van der Waals surface area contributed by atoms with Crippen LogP contribution in [0.25, 0.3) is 0 Å². The summed E-state index contributed by atoms with van der Waals surface area (Å²) in [5, 5.41) is 8.90. The van der Waals surface area contributed by atoms with Crippen molar-refractivity contribution in [3.8, 4) is 6.07 Å². The summed E-state index contributed by atoms with van der Waals surface area (Å²) in [6.07, 6.45) is 0. The zero-order chi connectivity index (χ0) is 21.3. The van der Waals surface area contributed by atoms with Crippen molar-refractivity contribution in [3.05, 3.63) is 70.4 Å². The molecule has 1 aliphatic heterocycles. The number of fused-ring (bicyclic) bond motifs is 2. The summed E-state index contributed by atoms with van der Waals surface area (Å²) in [5.74, 6) is -2.23. The lowest BCUT2D eigenvalue weighted by Gasteiger charge is -2.19. The Balaban J connectivity index is 1.92. The molecule has 0 aliphatic carbocycles. The second-order valence-corrected chi connectivity index (χ2v) is 8.10. The van der Waals surface area contributed by atoms with E-state index in [1.807, 2.05) is 0 Å². The van der Waals surface area contributed by atoms with Crippen molar-refractivity contribution in [2.24, 2.45) is 5.73 Å². The minimum atomic E-state index is -4.01. The van der Waals surface area contributed by atoms with E-state index in [0.717, 1.165) is 6.07 Å². The molecule has 0 amide bonds. The summed E-state index contributed by atoms with van der Waals surface area (Å²) in [6.45, 7) is 0.628. The molecule has 8 nitrogen and oxygen atoms in total. The maximum absolute atomic E-state index is 12.9. The molecule has 3 rings (SSSR count). The smallest absolute Gasteiger partial charge is 0.338 e. The van der Waals surface area contributed by atoms with Crippen LogP contribution < -0.4 is 5.73 Å². The Morgan fingerprint density at radius 3 is 2.41 bits per heavy atom. The Labute approximate surface area is 166 Å². The maximum Gasteiger partial charge on any atom is 0.338 e. The zero-order valence-electron chi connectivity index (χ0n) is 15.1. The summed E-state index contributed by atoms with van der Waals surface area (Å²) in [5.41, 5.74) is 4.95. The maximum atomic E-state index is 12.9. The van der Waals surface area contributed by atoms with E-state index in [-0.39, 0.29) is 37.8 Å². The first-order valence-electron chi connectivity index (χ1n) is 8.28. The Morgan fingerprint density at radius 2 is 1.76 bits per heavy atom. The van der Waals surface area contributed by atoms with Gasteiger partial charge in [0.05, 0.1) is 15.4 Å². The molecule has 0 unspecified atom stereocenters. The molecule has 0 saturated carbocycles. The van der Waals surface area contributed by atoms with Crippen LogP contribution in [0.5, 0.6) is 0 Å². The Morgan fingerprint density at radius 1 is 1.10 bits per heavy atom. The molecule has 0 atom stereocenters. The predicted molar refractivity (Wildman–Crippen MR) is 99.6 cm³/mol. The molecule has 1 aliphatic rings. The van der Waals surface area contributed by atoms with E-state index < -0.39 is 34.0 Å². The lowest BCUT2D eigenvalue weighted by Crippen LogP contribution is -2.21. The topological polar surface area (TPSA) is 144 Å². The van der Waals surface area contributed by atoms with Crippen LogP contribution in [0.1, 0.15) is 33.2 Å². The fourth-order valence-electron chi connectivity index (χ4n) is 2.87. The Hall–Kier alpha value is -3.77. The number of nitrogens with zero attached hydrogens (tertiary/aromatic N) is 1. The van der Waals surface area contributed by atoms with Gasteiger partial charge in [0.15, 0.2) is 12.4 Å². The van der Waals surface area contributed by atoms with Gasteiger partial charge in [-0.05, 0) is 37.3 Å². The molecule has 2 N–H and O–H groups in total. The molecule has 0 bridgehead atoms. The van der Waals surface area contributed by atoms with Gasteiger partial charge in [0.1, 0.15) is 11.6 Å². The number of hydrogen-bond acceptors (Lipinski definition) is 8. The highest BCUT2D eigenvalue weighted by atomic mass is 32.2. The first-order valence-corrected chi connectivity index (χ1v) is 9.76. The number of sulfone groups is 1. The van der Waals surface area contributed by atoms with E-state index in [4.69, 9.17) is 15.7 Å². The average molecular weight is 410 g/mol.